The first-order valence-electron chi connectivity index (χ1n) is 11.5. The van der Waals surface area contributed by atoms with Crippen molar-refractivity contribution in [2.24, 2.45) is 40.9 Å². The normalized spacial score (nSPS) is 47.8. The number of nitrogens with zero attached hydrogens (tertiary/aromatic N) is 1. The lowest BCUT2D eigenvalue weighted by molar-refractivity contribution is -0.131. The van der Waals surface area contributed by atoms with Gasteiger partial charge in [-0.05, 0) is 99.7 Å². The van der Waals surface area contributed by atoms with Crippen molar-refractivity contribution in [3.8, 4) is 0 Å². The molecule has 0 radical (unpaired) electrons. The summed E-state index contributed by atoms with van der Waals surface area (Å²) in [6.07, 6.45) is 13.1. The predicted octanol–water partition coefficient (Wildman–Crippen LogP) is 5.27. The quantitative estimate of drug-likeness (QED) is 0.750. The molecule has 1 aromatic rings. The van der Waals surface area contributed by atoms with Gasteiger partial charge in [-0.1, -0.05) is 6.92 Å². The van der Waals surface area contributed by atoms with Crippen LogP contribution in [0.15, 0.2) is 11.6 Å². The Morgan fingerprint density at radius 3 is 2.71 bits per heavy atom. The number of fused-ring (bicyclic) bond motifs is 5. The van der Waals surface area contributed by atoms with E-state index in [9.17, 15) is 9.90 Å². The highest BCUT2D eigenvalue weighted by Crippen LogP contribution is 2.64. The minimum atomic E-state index is -0.433. The highest BCUT2D eigenvalue weighted by Gasteiger charge is 2.58. The predicted molar refractivity (Wildman–Crippen MR) is 112 cm³/mol. The largest absolute Gasteiger partial charge is 0.390 e. The summed E-state index contributed by atoms with van der Waals surface area (Å²) in [5.74, 6) is 4.65. The van der Waals surface area contributed by atoms with Gasteiger partial charge in [-0.2, -0.15) is 0 Å². The summed E-state index contributed by atoms with van der Waals surface area (Å²) in [5.41, 5.74) is -0.222. The fourth-order valence-corrected chi connectivity index (χ4v) is 8.85. The van der Waals surface area contributed by atoms with Crippen LogP contribution in [0.3, 0.4) is 0 Å². The van der Waals surface area contributed by atoms with Crippen molar-refractivity contribution in [2.75, 3.05) is 0 Å². The van der Waals surface area contributed by atoms with Crippen LogP contribution < -0.4 is 0 Å². The van der Waals surface area contributed by atoms with Crippen molar-refractivity contribution in [3.05, 3.63) is 16.6 Å². The molecule has 4 aliphatic carbocycles. The van der Waals surface area contributed by atoms with Gasteiger partial charge in [-0.3, -0.25) is 4.79 Å². The van der Waals surface area contributed by atoms with E-state index in [1.165, 1.54) is 38.5 Å². The molecular formula is C24H35NO2S. The molecule has 0 aliphatic heterocycles. The van der Waals surface area contributed by atoms with E-state index in [-0.39, 0.29) is 11.3 Å². The molecule has 28 heavy (non-hydrogen) atoms. The number of hydrogen-bond acceptors (Lipinski definition) is 4. The Kier molecular flexibility index (Phi) is 4.74. The van der Waals surface area contributed by atoms with E-state index in [1.807, 2.05) is 18.5 Å². The number of carbonyl (C=O) groups is 1. The number of hydrogen-bond donors (Lipinski definition) is 1. The molecule has 4 fully saturated rings. The molecule has 5 rings (SSSR count). The molecule has 4 aliphatic rings. The average molecular weight is 402 g/mol. The van der Waals surface area contributed by atoms with Gasteiger partial charge in [0.25, 0.3) is 0 Å². The molecule has 0 saturated heterocycles. The minimum Gasteiger partial charge on any atom is -0.390 e. The molecule has 4 heteroatoms. The fourth-order valence-electron chi connectivity index (χ4n) is 8.22. The van der Waals surface area contributed by atoms with Gasteiger partial charge in [0, 0.05) is 17.5 Å². The van der Waals surface area contributed by atoms with Crippen molar-refractivity contribution in [1.29, 1.82) is 0 Å². The van der Waals surface area contributed by atoms with Crippen LogP contribution in [0, 0.1) is 40.9 Å². The number of rotatable bonds is 3. The van der Waals surface area contributed by atoms with Crippen molar-refractivity contribution in [3.63, 3.8) is 0 Å². The monoisotopic (exact) mass is 401 g/mol. The Labute approximate surface area is 173 Å². The number of aliphatic hydroxyl groups is 1. The average Bonchev–Trinajstić information content (AvgIpc) is 3.27. The highest BCUT2D eigenvalue weighted by molar-refractivity contribution is 7.09. The van der Waals surface area contributed by atoms with Crippen molar-refractivity contribution in [1.82, 2.24) is 4.98 Å². The summed E-state index contributed by atoms with van der Waals surface area (Å²) < 4.78 is 0. The summed E-state index contributed by atoms with van der Waals surface area (Å²) in [7, 11) is 0. The van der Waals surface area contributed by atoms with E-state index in [4.69, 9.17) is 0 Å². The highest BCUT2D eigenvalue weighted by atomic mass is 32.1. The Hall–Kier alpha value is -0.740. The first-order chi connectivity index (χ1) is 13.4. The maximum absolute atomic E-state index is 13.2. The van der Waals surface area contributed by atoms with E-state index in [2.05, 4.69) is 11.9 Å². The zero-order chi connectivity index (χ0) is 19.5. The molecule has 0 unspecified atom stereocenters. The third-order valence-electron chi connectivity index (χ3n) is 9.43. The van der Waals surface area contributed by atoms with Gasteiger partial charge in [-0.25, -0.2) is 4.98 Å². The van der Waals surface area contributed by atoms with Gasteiger partial charge in [-0.15, -0.1) is 11.3 Å². The summed E-state index contributed by atoms with van der Waals surface area (Å²) >= 11 is 1.62. The smallest absolute Gasteiger partial charge is 0.143 e. The maximum Gasteiger partial charge on any atom is 0.143 e. The number of Topliss-reactive ketones (excluding diaryl/α,β-unsaturated/α-hetero) is 1. The first kappa shape index (κ1) is 19.2. The lowest BCUT2D eigenvalue weighted by Crippen LogP contribution is -2.51. The zero-order valence-corrected chi connectivity index (χ0v) is 18.2. The second kappa shape index (κ2) is 6.91. The van der Waals surface area contributed by atoms with Crippen molar-refractivity contribution in [2.45, 2.75) is 83.7 Å². The van der Waals surface area contributed by atoms with E-state index in [0.29, 0.717) is 12.2 Å². The molecule has 1 aromatic heterocycles. The molecule has 154 valence electrons. The summed E-state index contributed by atoms with van der Waals surface area (Å²) in [4.78, 5) is 17.5. The van der Waals surface area contributed by atoms with Crippen LogP contribution >= 0.6 is 11.3 Å². The number of thiazole rings is 1. The Morgan fingerprint density at radius 2 is 1.93 bits per heavy atom. The lowest BCUT2D eigenvalue weighted by atomic mass is 9.49. The molecular weight excluding hydrogens is 366 g/mol. The van der Waals surface area contributed by atoms with E-state index < -0.39 is 5.60 Å². The van der Waals surface area contributed by atoms with Crippen molar-refractivity contribution < 1.29 is 9.90 Å². The minimum absolute atomic E-state index is 0.211. The fraction of sp³-hybridized carbons (Fsp3) is 0.833. The molecule has 3 nitrogen and oxygen atoms in total. The van der Waals surface area contributed by atoms with Crippen LogP contribution in [0.4, 0.5) is 0 Å². The zero-order valence-electron chi connectivity index (χ0n) is 17.4. The van der Waals surface area contributed by atoms with E-state index >= 15 is 0 Å². The Morgan fingerprint density at radius 1 is 1.11 bits per heavy atom. The summed E-state index contributed by atoms with van der Waals surface area (Å²) in [6, 6.07) is 0. The van der Waals surface area contributed by atoms with Crippen LogP contribution in [0.2, 0.25) is 0 Å². The van der Waals surface area contributed by atoms with Gasteiger partial charge in [0.1, 0.15) is 5.78 Å². The van der Waals surface area contributed by atoms with Crippen LogP contribution in [-0.4, -0.2) is 21.5 Å². The first-order valence-corrected chi connectivity index (χ1v) is 12.4. The van der Waals surface area contributed by atoms with Crippen LogP contribution in [-0.2, 0) is 11.2 Å². The number of ketones is 1. The second-order valence-electron chi connectivity index (χ2n) is 10.9. The van der Waals surface area contributed by atoms with Crippen LogP contribution in [0.5, 0.6) is 0 Å². The van der Waals surface area contributed by atoms with Crippen LogP contribution in [0.25, 0.3) is 0 Å². The van der Waals surface area contributed by atoms with Gasteiger partial charge in [0.05, 0.1) is 17.0 Å². The molecule has 1 N–H and O–H groups in total. The molecule has 0 amide bonds. The maximum atomic E-state index is 13.2. The Bertz CT molecular complexity index is 729. The summed E-state index contributed by atoms with van der Waals surface area (Å²) in [6.45, 7) is 4.49. The number of carbonyl (C=O) groups excluding carboxylic acids is 1. The summed E-state index contributed by atoms with van der Waals surface area (Å²) in [5, 5.41) is 13.5. The van der Waals surface area contributed by atoms with Gasteiger partial charge >= 0.3 is 0 Å². The standard InChI is InChI=1S/C24H35NO2S/c1-23(27)9-7-16-15(14-23)3-4-18-17(16)8-10-24(2)19(18)5-6-20(24)21(26)13-22-25-11-12-28-22/h11-12,15-20,27H,3-10,13-14H2,1-2H3/t15-,16+,17-,18-,19+,20-,23-,24+/m1/s1. The molecule has 4 saturated carbocycles. The molecule has 1 heterocycles. The van der Waals surface area contributed by atoms with Gasteiger partial charge in [0.15, 0.2) is 0 Å². The van der Waals surface area contributed by atoms with E-state index in [1.54, 1.807) is 11.3 Å². The molecule has 0 bridgehead atoms. The third-order valence-corrected chi connectivity index (χ3v) is 10.2. The third kappa shape index (κ3) is 3.10. The van der Waals surface area contributed by atoms with Gasteiger partial charge in [0.2, 0.25) is 0 Å². The van der Waals surface area contributed by atoms with E-state index in [0.717, 1.165) is 53.9 Å². The van der Waals surface area contributed by atoms with Gasteiger partial charge < -0.3 is 5.11 Å². The molecule has 0 spiro atoms. The number of aromatic nitrogens is 1. The van der Waals surface area contributed by atoms with Crippen LogP contribution in [0.1, 0.15) is 76.6 Å². The molecule has 8 atom stereocenters. The lowest BCUT2D eigenvalue weighted by Gasteiger charge is -2.56. The molecule has 0 aromatic carbocycles. The Balaban J connectivity index is 1.32. The van der Waals surface area contributed by atoms with Crippen molar-refractivity contribution >= 4 is 17.1 Å². The topological polar surface area (TPSA) is 50.2 Å². The second-order valence-corrected chi connectivity index (χ2v) is 11.9. The SMILES string of the molecule is C[C@@]1(O)CC[C@H]2[C@H](CC[C@@H]3[C@@H]2CC[C@]2(C)[C@@H](C(=O)Cc4nccs4)CC[C@@H]32)C1.